The van der Waals surface area contributed by atoms with Crippen molar-refractivity contribution in [2.75, 3.05) is 13.7 Å². The third-order valence-electron chi connectivity index (χ3n) is 4.29. The third-order valence-corrected chi connectivity index (χ3v) is 4.29. The maximum atomic E-state index is 12.3. The summed E-state index contributed by atoms with van der Waals surface area (Å²) in [5.41, 5.74) is 4.05. The Bertz CT molecular complexity index is 1020. The van der Waals surface area contributed by atoms with Gasteiger partial charge in [0, 0.05) is 7.11 Å². The number of carbonyl (C=O) groups is 1. The number of aliphatic imine (C=N–C) groups is 1. The van der Waals surface area contributed by atoms with Crippen LogP contribution in [0, 0.1) is 0 Å². The Balaban J connectivity index is 1.56. The predicted octanol–water partition coefficient (Wildman–Crippen LogP) is 2.37. The monoisotopic (exact) mass is 361 g/mol. The first-order valence-electron chi connectivity index (χ1n) is 8.58. The number of hydrogen-bond acceptors (Lipinski definition) is 5. The number of H-pyrrole nitrogens is 1. The maximum absolute atomic E-state index is 12.3. The Labute approximate surface area is 156 Å². The van der Waals surface area contributed by atoms with Gasteiger partial charge in [0.25, 0.3) is 5.91 Å². The molecule has 136 valence electrons. The van der Waals surface area contributed by atoms with Gasteiger partial charge in [-0.25, -0.2) is 9.98 Å². The van der Waals surface area contributed by atoms with Crippen LogP contribution in [0.25, 0.3) is 17.1 Å². The van der Waals surface area contributed by atoms with Crippen LogP contribution in [0.5, 0.6) is 0 Å². The summed E-state index contributed by atoms with van der Waals surface area (Å²) in [6, 6.07) is 15.5. The molecule has 1 amide bonds. The molecular formula is C20H19N5O2. The molecule has 0 bridgehead atoms. The number of methoxy groups -OCH3 is 1. The number of aromatic amines is 1. The van der Waals surface area contributed by atoms with E-state index in [1.54, 1.807) is 19.5 Å². The van der Waals surface area contributed by atoms with Gasteiger partial charge in [-0.15, -0.1) is 0 Å². The largest absolute Gasteiger partial charge is 0.382 e. The minimum atomic E-state index is -0.246. The zero-order valence-electron chi connectivity index (χ0n) is 14.8. The summed E-state index contributed by atoms with van der Waals surface area (Å²) in [6.45, 7) is 0.452. The first kappa shape index (κ1) is 17.0. The lowest BCUT2D eigenvalue weighted by Gasteiger charge is -2.18. The Kier molecular flexibility index (Phi) is 4.67. The third kappa shape index (κ3) is 3.73. The van der Waals surface area contributed by atoms with Crippen LogP contribution in [0.4, 0.5) is 0 Å². The summed E-state index contributed by atoms with van der Waals surface area (Å²) in [5.74, 6) is 0.168. The van der Waals surface area contributed by atoms with E-state index in [4.69, 9.17) is 4.74 Å². The van der Waals surface area contributed by atoms with E-state index in [2.05, 4.69) is 25.6 Å². The van der Waals surface area contributed by atoms with E-state index >= 15 is 0 Å². The fraction of sp³-hybridized carbons (Fsp3) is 0.150. The minimum absolute atomic E-state index is 0.116. The van der Waals surface area contributed by atoms with Crippen molar-refractivity contribution in [1.29, 1.82) is 0 Å². The Morgan fingerprint density at radius 2 is 2.07 bits per heavy atom. The molecule has 0 saturated heterocycles. The van der Waals surface area contributed by atoms with E-state index in [1.165, 1.54) is 0 Å². The van der Waals surface area contributed by atoms with Crippen molar-refractivity contribution >= 4 is 29.0 Å². The smallest absolute Gasteiger partial charge is 0.276 e. The molecule has 27 heavy (non-hydrogen) atoms. The van der Waals surface area contributed by atoms with E-state index in [1.807, 2.05) is 48.5 Å². The number of hydrogen-bond donors (Lipinski definition) is 3. The number of aromatic nitrogens is 2. The summed E-state index contributed by atoms with van der Waals surface area (Å²) < 4.78 is 5.30. The quantitative estimate of drug-likeness (QED) is 0.609. The number of rotatable bonds is 5. The van der Waals surface area contributed by atoms with Crippen LogP contribution in [0.3, 0.4) is 0 Å². The SMILES string of the molecule is COCC(NC1=N/C(=C\c2ccc3[nH]cnc3c2)C(=O)N1)c1ccccc1. The average Bonchev–Trinajstić information content (AvgIpc) is 3.28. The van der Waals surface area contributed by atoms with Crippen LogP contribution in [-0.2, 0) is 9.53 Å². The van der Waals surface area contributed by atoms with E-state index in [9.17, 15) is 4.79 Å². The van der Waals surface area contributed by atoms with Crippen molar-refractivity contribution in [2.45, 2.75) is 6.04 Å². The molecule has 0 aliphatic carbocycles. The number of benzene rings is 2. The van der Waals surface area contributed by atoms with E-state index in [0.29, 0.717) is 18.3 Å². The van der Waals surface area contributed by atoms with Gasteiger partial charge < -0.3 is 15.0 Å². The van der Waals surface area contributed by atoms with Crippen molar-refractivity contribution in [3.63, 3.8) is 0 Å². The normalized spacial score (nSPS) is 16.4. The summed E-state index contributed by atoms with van der Waals surface area (Å²) in [6.07, 6.45) is 3.38. The van der Waals surface area contributed by atoms with Crippen molar-refractivity contribution in [3.05, 3.63) is 71.7 Å². The second-order valence-electron chi connectivity index (χ2n) is 6.19. The molecule has 7 nitrogen and oxygen atoms in total. The highest BCUT2D eigenvalue weighted by molar-refractivity contribution is 6.13. The van der Waals surface area contributed by atoms with Crippen molar-refractivity contribution in [2.24, 2.45) is 4.99 Å². The number of imidazole rings is 1. The van der Waals surface area contributed by atoms with Crippen LogP contribution in [0.1, 0.15) is 17.2 Å². The molecule has 0 radical (unpaired) electrons. The van der Waals surface area contributed by atoms with Crippen LogP contribution < -0.4 is 10.6 Å². The number of fused-ring (bicyclic) bond motifs is 1. The van der Waals surface area contributed by atoms with Crippen LogP contribution in [0.2, 0.25) is 0 Å². The fourth-order valence-electron chi connectivity index (χ4n) is 2.97. The Hall–Kier alpha value is -3.45. The molecule has 1 aromatic heterocycles. The number of nitrogens with one attached hydrogen (secondary N) is 3. The number of guanidine groups is 1. The molecule has 7 heteroatoms. The average molecular weight is 361 g/mol. The highest BCUT2D eigenvalue weighted by atomic mass is 16.5. The lowest BCUT2D eigenvalue weighted by atomic mass is 10.1. The first-order valence-corrected chi connectivity index (χ1v) is 8.58. The topological polar surface area (TPSA) is 91.4 Å². The van der Waals surface area contributed by atoms with Crippen molar-refractivity contribution < 1.29 is 9.53 Å². The molecule has 2 heterocycles. The van der Waals surface area contributed by atoms with Gasteiger partial charge >= 0.3 is 0 Å². The standard InChI is InChI=1S/C20H19N5O2/c1-27-11-18(14-5-3-2-4-6-14)24-20-23-17(19(26)25-20)10-13-7-8-15-16(9-13)22-12-21-15/h2-10,12,18H,11H2,1H3,(H,21,22)(H2,23,24,25,26)/b17-10-. The van der Waals surface area contributed by atoms with Gasteiger partial charge in [-0.1, -0.05) is 36.4 Å². The van der Waals surface area contributed by atoms with Gasteiger partial charge in [0.1, 0.15) is 5.70 Å². The molecular weight excluding hydrogens is 342 g/mol. The van der Waals surface area contributed by atoms with E-state index in [-0.39, 0.29) is 11.9 Å². The molecule has 1 unspecified atom stereocenters. The van der Waals surface area contributed by atoms with Crippen LogP contribution in [-0.4, -0.2) is 35.6 Å². The maximum Gasteiger partial charge on any atom is 0.276 e. The summed E-state index contributed by atoms with van der Waals surface area (Å²) in [5, 5.41) is 6.01. The van der Waals surface area contributed by atoms with Crippen LogP contribution in [0.15, 0.2) is 65.5 Å². The van der Waals surface area contributed by atoms with E-state index < -0.39 is 0 Å². The zero-order valence-corrected chi connectivity index (χ0v) is 14.8. The van der Waals surface area contributed by atoms with Crippen LogP contribution >= 0.6 is 0 Å². The number of amides is 1. The predicted molar refractivity (Wildman–Crippen MR) is 104 cm³/mol. The van der Waals surface area contributed by atoms with Gasteiger partial charge in [0.15, 0.2) is 0 Å². The minimum Gasteiger partial charge on any atom is -0.382 e. The molecule has 1 aliphatic rings. The molecule has 1 aliphatic heterocycles. The van der Waals surface area contributed by atoms with Gasteiger partial charge in [-0.3, -0.25) is 10.1 Å². The summed E-state index contributed by atoms with van der Waals surface area (Å²) >= 11 is 0. The molecule has 3 aromatic rings. The molecule has 2 aromatic carbocycles. The molecule has 0 spiro atoms. The second kappa shape index (κ2) is 7.43. The molecule has 0 saturated carbocycles. The van der Waals surface area contributed by atoms with E-state index in [0.717, 1.165) is 22.2 Å². The zero-order chi connectivity index (χ0) is 18.6. The van der Waals surface area contributed by atoms with Gasteiger partial charge in [-0.2, -0.15) is 0 Å². The molecule has 3 N–H and O–H groups in total. The van der Waals surface area contributed by atoms with Crippen molar-refractivity contribution in [1.82, 2.24) is 20.6 Å². The fourth-order valence-corrected chi connectivity index (χ4v) is 2.97. The molecule has 4 rings (SSSR count). The Morgan fingerprint density at radius 3 is 2.89 bits per heavy atom. The second-order valence-corrected chi connectivity index (χ2v) is 6.19. The highest BCUT2D eigenvalue weighted by Crippen LogP contribution is 2.18. The summed E-state index contributed by atoms with van der Waals surface area (Å²) in [4.78, 5) is 24.0. The molecule has 1 atom stereocenters. The van der Waals surface area contributed by atoms with Crippen molar-refractivity contribution in [3.8, 4) is 0 Å². The Morgan fingerprint density at radius 1 is 1.22 bits per heavy atom. The number of carbonyl (C=O) groups excluding carboxylic acids is 1. The lowest BCUT2D eigenvalue weighted by molar-refractivity contribution is -0.115. The number of nitrogens with zero attached hydrogens (tertiary/aromatic N) is 2. The summed E-state index contributed by atoms with van der Waals surface area (Å²) in [7, 11) is 1.64. The van der Waals surface area contributed by atoms with Gasteiger partial charge in [0.2, 0.25) is 5.96 Å². The molecule has 0 fully saturated rings. The first-order chi connectivity index (χ1) is 13.2. The van der Waals surface area contributed by atoms with Gasteiger partial charge in [0.05, 0.1) is 30.0 Å². The lowest BCUT2D eigenvalue weighted by Crippen LogP contribution is -2.39. The highest BCUT2D eigenvalue weighted by Gasteiger charge is 2.23. The number of ether oxygens (including phenoxy) is 1. The van der Waals surface area contributed by atoms with Gasteiger partial charge in [-0.05, 0) is 29.3 Å².